The van der Waals surface area contributed by atoms with Gasteiger partial charge in [0.1, 0.15) is 16.5 Å². The molecule has 2 N–H and O–H groups in total. The molecule has 6 nitrogen and oxygen atoms in total. The molecule has 1 fully saturated rings. The number of halogens is 2. The Kier molecular flexibility index (Phi) is 6.34. The molecule has 2 aliphatic rings. The van der Waals surface area contributed by atoms with E-state index in [0.29, 0.717) is 17.9 Å². The Balaban J connectivity index is 1.89. The monoisotopic (exact) mass is 558 g/mol. The van der Waals surface area contributed by atoms with Crippen LogP contribution in [0.5, 0.6) is 11.6 Å². The number of aliphatic hydroxyl groups excluding tert-OH is 1. The van der Waals surface area contributed by atoms with Crippen molar-refractivity contribution < 1.29 is 19.7 Å². The van der Waals surface area contributed by atoms with Crippen molar-refractivity contribution in [3.63, 3.8) is 0 Å². The van der Waals surface area contributed by atoms with E-state index in [1.165, 1.54) is 7.11 Å². The molecule has 1 saturated carbocycles. The maximum absolute atomic E-state index is 13.1. The fraction of sp³-hybridized carbons (Fsp3) is 0.370. The van der Waals surface area contributed by atoms with E-state index in [2.05, 4.69) is 20.9 Å². The molecule has 2 aromatic carbocycles. The molecule has 8 heteroatoms. The number of methoxy groups -OCH3 is 1. The Hall–Kier alpha value is -2.16. The van der Waals surface area contributed by atoms with Crippen molar-refractivity contribution in [1.82, 2.24) is 9.88 Å². The van der Waals surface area contributed by atoms with Gasteiger partial charge in [-0.3, -0.25) is 0 Å². The van der Waals surface area contributed by atoms with Gasteiger partial charge in [-0.15, -0.1) is 0 Å². The van der Waals surface area contributed by atoms with E-state index < -0.39 is 17.1 Å². The second-order valence-electron chi connectivity index (χ2n) is 9.54. The molecule has 5 atom stereocenters. The zero-order valence-corrected chi connectivity index (χ0v) is 22.1. The zero-order valence-electron chi connectivity index (χ0n) is 19.8. The number of rotatable bonds is 6. The SMILES string of the molecule is COc1nc(Cl)cc2c1[C@]1(O)[C@@H](CN(C)C)[C@H](CO)[C@@H](c3ccccc3)[C@]1(c1ccc(Br)cc1)O2. The molecular weight excluding hydrogens is 532 g/mol. The van der Waals surface area contributed by atoms with Crippen LogP contribution in [0.25, 0.3) is 0 Å². The molecule has 1 aromatic heterocycles. The van der Waals surface area contributed by atoms with Crippen LogP contribution in [0.1, 0.15) is 22.6 Å². The van der Waals surface area contributed by atoms with Gasteiger partial charge < -0.3 is 24.6 Å². The first-order valence-corrected chi connectivity index (χ1v) is 12.7. The summed E-state index contributed by atoms with van der Waals surface area (Å²) in [6.45, 7) is 0.388. The average Bonchev–Trinajstić information content (AvgIpc) is 3.21. The standard InChI is InChI=1S/C27H28BrClN2O4/c1-31(2)14-20-19(15-32)23(16-7-5-4-6-8-16)27(17-9-11-18(28)12-10-17)26(20,33)24-21(35-27)13-22(29)30-25(24)34-3/h4-13,19-20,23,32-33H,14-15H2,1-3H3/t19-,20-,23+,26+,27-/m0/s1. The third-order valence-electron chi connectivity index (χ3n) is 7.45. The van der Waals surface area contributed by atoms with Crippen molar-refractivity contribution in [3.05, 3.63) is 87.0 Å². The van der Waals surface area contributed by atoms with Crippen LogP contribution in [0, 0.1) is 11.8 Å². The molecule has 0 bridgehead atoms. The molecule has 0 amide bonds. The molecule has 0 radical (unpaired) electrons. The van der Waals surface area contributed by atoms with Gasteiger partial charge in [0, 0.05) is 41.4 Å². The summed E-state index contributed by atoms with van der Waals surface area (Å²) in [5.74, 6) is -0.436. The highest BCUT2D eigenvalue weighted by Crippen LogP contribution is 2.71. The van der Waals surface area contributed by atoms with E-state index in [4.69, 9.17) is 21.1 Å². The van der Waals surface area contributed by atoms with Gasteiger partial charge in [0.15, 0.2) is 5.60 Å². The van der Waals surface area contributed by atoms with Crippen molar-refractivity contribution in [2.75, 3.05) is 34.4 Å². The minimum Gasteiger partial charge on any atom is -0.481 e. The summed E-state index contributed by atoms with van der Waals surface area (Å²) >= 11 is 9.88. The summed E-state index contributed by atoms with van der Waals surface area (Å²) in [7, 11) is 5.43. The van der Waals surface area contributed by atoms with Crippen LogP contribution >= 0.6 is 27.5 Å². The largest absolute Gasteiger partial charge is 0.481 e. The zero-order chi connectivity index (χ0) is 25.0. The average molecular weight is 560 g/mol. The molecule has 1 aliphatic carbocycles. The number of benzene rings is 2. The third kappa shape index (κ3) is 3.51. The first-order chi connectivity index (χ1) is 16.8. The molecular formula is C27H28BrClN2O4. The second-order valence-corrected chi connectivity index (χ2v) is 10.8. The van der Waals surface area contributed by atoms with Crippen LogP contribution in [-0.2, 0) is 11.2 Å². The van der Waals surface area contributed by atoms with Gasteiger partial charge in [0.05, 0.1) is 12.7 Å². The van der Waals surface area contributed by atoms with Gasteiger partial charge in [-0.1, -0.05) is 70.0 Å². The molecule has 5 rings (SSSR count). The molecule has 35 heavy (non-hydrogen) atoms. The van der Waals surface area contributed by atoms with Gasteiger partial charge in [-0.05, 0) is 37.4 Å². The molecule has 0 saturated heterocycles. The van der Waals surface area contributed by atoms with Crippen molar-refractivity contribution in [2.45, 2.75) is 17.1 Å². The third-order valence-corrected chi connectivity index (χ3v) is 8.18. The summed E-state index contributed by atoms with van der Waals surface area (Å²) in [4.78, 5) is 6.42. The molecule has 184 valence electrons. The van der Waals surface area contributed by atoms with Crippen LogP contribution in [0.4, 0.5) is 0 Å². The molecule has 0 unspecified atom stereocenters. The highest BCUT2D eigenvalue weighted by molar-refractivity contribution is 9.10. The Morgan fingerprint density at radius 2 is 1.83 bits per heavy atom. The topological polar surface area (TPSA) is 75.1 Å². The molecule has 1 aliphatic heterocycles. The highest BCUT2D eigenvalue weighted by atomic mass is 79.9. The first kappa shape index (κ1) is 24.5. The number of pyridine rings is 1. The second kappa shape index (κ2) is 9.05. The number of fused-ring (bicyclic) bond motifs is 3. The van der Waals surface area contributed by atoms with Crippen molar-refractivity contribution in [3.8, 4) is 11.6 Å². The summed E-state index contributed by atoms with van der Waals surface area (Å²) in [6, 6.07) is 19.4. The van der Waals surface area contributed by atoms with Crippen LogP contribution < -0.4 is 9.47 Å². The molecule has 2 heterocycles. The van der Waals surface area contributed by atoms with E-state index in [-0.39, 0.29) is 29.5 Å². The number of hydrogen-bond donors (Lipinski definition) is 2. The fourth-order valence-electron chi connectivity index (χ4n) is 6.28. The number of aliphatic hydroxyl groups is 2. The van der Waals surface area contributed by atoms with Crippen molar-refractivity contribution in [1.29, 1.82) is 0 Å². The number of hydrogen-bond acceptors (Lipinski definition) is 6. The van der Waals surface area contributed by atoms with Crippen molar-refractivity contribution in [2.24, 2.45) is 11.8 Å². The van der Waals surface area contributed by atoms with E-state index in [1.54, 1.807) is 6.07 Å². The van der Waals surface area contributed by atoms with E-state index >= 15 is 0 Å². The van der Waals surface area contributed by atoms with Crippen LogP contribution in [-0.4, -0.2) is 54.5 Å². The Morgan fingerprint density at radius 1 is 1.14 bits per heavy atom. The summed E-state index contributed by atoms with van der Waals surface area (Å²) in [5.41, 5.74) is -0.593. The molecule has 0 spiro atoms. The van der Waals surface area contributed by atoms with Crippen LogP contribution in [0.15, 0.2) is 65.1 Å². The fourth-order valence-corrected chi connectivity index (χ4v) is 6.72. The predicted octanol–water partition coefficient (Wildman–Crippen LogP) is 4.57. The van der Waals surface area contributed by atoms with E-state index in [1.807, 2.05) is 73.6 Å². The normalized spacial score (nSPS) is 29.1. The maximum atomic E-state index is 13.1. The lowest BCUT2D eigenvalue weighted by molar-refractivity contribution is -0.131. The van der Waals surface area contributed by atoms with Crippen LogP contribution in [0.3, 0.4) is 0 Å². The van der Waals surface area contributed by atoms with E-state index in [9.17, 15) is 10.2 Å². The van der Waals surface area contributed by atoms with Gasteiger partial charge in [-0.25, -0.2) is 4.98 Å². The van der Waals surface area contributed by atoms with Crippen LogP contribution in [0.2, 0.25) is 5.15 Å². The van der Waals surface area contributed by atoms with Crippen molar-refractivity contribution >= 4 is 27.5 Å². The lowest BCUT2D eigenvalue weighted by atomic mass is 9.70. The summed E-state index contributed by atoms with van der Waals surface area (Å²) in [5, 5.41) is 24.1. The van der Waals surface area contributed by atoms with Gasteiger partial charge in [-0.2, -0.15) is 0 Å². The minimum absolute atomic E-state index is 0.124. The summed E-state index contributed by atoms with van der Waals surface area (Å²) < 4.78 is 13.5. The van der Waals surface area contributed by atoms with Gasteiger partial charge in [0.2, 0.25) is 5.88 Å². The predicted molar refractivity (Wildman–Crippen MR) is 138 cm³/mol. The highest BCUT2D eigenvalue weighted by Gasteiger charge is 2.76. The lowest BCUT2D eigenvalue weighted by Gasteiger charge is -2.42. The van der Waals surface area contributed by atoms with E-state index in [0.717, 1.165) is 15.6 Å². The Bertz CT molecular complexity index is 1230. The van der Waals surface area contributed by atoms with Gasteiger partial charge in [0.25, 0.3) is 0 Å². The Labute approximate surface area is 218 Å². The molecule has 3 aromatic rings. The number of nitrogens with zero attached hydrogens (tertiary/aromatic N) is 2. The summed E-state index contributed by atoms with van der Waals surface area (Å²) in [6.07, 6.45) is 0. The number of ether oxygens (including phenoxy) is 2. The van der Waals surface area contributed by atoms with Gasteiger partial charge >= 0.3 is 0 Å². The first-order valence-electron chi connectivity index (χ1n) is 11.5. The Morgan fingerprint density at radius 3 is 2.43 bits per heavy atom. The lowest BCUT2D eigenvalue weighted by Crippen LogP contribution is -2.52. The quantitative estimate of drug-likeness (QED) is 0.431. The minimum atomic E-state index is -1.57. The number of aromatic nitrogens is 1. The maximum Gasteiger partial charge on any atom is 0.224 e. The smallest absolute Gasteiger partial charge is 0.224 e.